The quantitative estimate of drug-likeness (QED) is 0.134. The maximum Gasteiger partial charge on any atom is 0.325 e. The number of esters is 1. The lowest BCUT2D eigenvalue weighted by molar-refractivity contribution is -0.144. The zero-order chi connectivity index (χ0) is 32.9. The van der Waals surface area contributed by atoms with Crippen molar-refractivity contribution in [1.82, 2.24) is 26.2 Å². The van der Waals surface area contributed by atoms with Crippen molar-refractivity contribution < 1.29 is 33.5 Å². The number of carbonyl (C=O) groups excluding carboxylic acids is 6. The van der Waals surface area contributed by atoms with Gasteiger partial charge in [-0.15, -0.1) is 6.58 Å². The molecule has 1 aromatic carbocycles. The van der Waals surface area contributed by atoms with Gasteiger partial charge < -0.3 is 30.9 Å². The van der Waals surface area contributed by atoms with Gasteiger partial charge in [-0.1, -0.05) is 83.9 Å². The zero-order valence-electron chi connectivity index (χ0n) is 26.4. The van der Waals surface area contributed by atoms with Crippen LogP contribution < -0.4 is 21.3 Å². The second-order valence-electron chi connectivity index (χ2n) is 11.9. The van der Waals surface area contributed by atoms with Crippen LogP contribution in [0.3, 0.4) is 0 Å². The van der Waals surface area contributed by atoms with Crippen molar-refractivity contribution >= 4 is 35.5 Å². The number of nitrogens with one attached hydrogen (secondary N) is 4. The minimum atomic E-state index is -1.05. The molecule has 5 amide bonds. The molecule has 0 aliphatic carbocycles. The van der Waals surface area contributed by atoms with Crippen molar-refractivity contribution in [3.8, 4) is 0 Å². The molecule has 0 spiro atoms. The maximum absolute atomic E-state index is 13.9. The van der Waals surface area contributed by atoms with Crippen LogP contribution in [0.2, 0.25) is 0 Å². The van der Waals surface area contributed by atoms with Gasteiger partial charge in [0, 0.05) is 13.1 Å². The van der Waals surface area contributed by atoms with Crippen molar-refractivity contribution in [3.63, 3.8) is 0 Å². The molecule has 1 fully saturated rings. The Labute approximate surface area is 259 Å². The number of ketones is 1. The second kappa shape index (κ2) is 17.2. The third kappa shape index (κ3) is 10.5. The molecule has 0 aromatic heterocycles. The molecule has 4 atom stereocenters. The maximum atomic E-state index is 13.9. The lowest BCUT2D eigenvalue weighted by Gasteiger charge is -2.36. The van der Waals surface area contributed by atoms with Gasteiger partial charge in [0.15, 0.2) is 0 Å². The molecule has 1 aromatic rings. The SMILES string of the molecule is C=CCNC(=O)C(=O)C(CCC)NC(=O)C1[C@@H](CC)CCN1C(=O)C(NC(=O)NCC(=O)OCc1ccccc1)C(C)(C)C. The predicted octanol–water partition coefficient (Wildman–Crippen LogP) is 2.23. The van der Waals surface area contributed by atoms with Crippen molar-refractivity contribution in [3.05, 3.63) is 48.6 Å². The van der Waals surface area contributed by atoms with Crippen LogP contribution in [0, 0.1) is 11.3 Å². The highest BCUT2D eigenvalue weighted by atomic mass is 16.5. The zero-order valence-corrected chi connectivity index (χ0v) is 26.4. The van der Waals surface area contributed by atoms with Crippen LogP contribution in [0.1, 0.15) is 65.9 Å². The first kappa shape index (κ1) is 36.0. The highest BCUT2D eigenvalue weighted by Gasteiger charge is 2.46. The van der Waals surface area contributed by atoms with Gasteiger partial charge in [-0.25, -0.2) is 4.79 Å². The minimum absolute atomic E-state index is 0.0628. The fourth-order valence-corrected chi connectivity index (χ4v) is 5.05. The van der Waals surface area contributed by atoms with E-state index in [1.54, 1.807) is 20.8 Å². The number of hydrogen-bond acceptors (Lipinski definition) is 7. The number of likely N-dealkylation sites (tertiary alicyclic amines) is 1. The number of Topliss-reactive ketones (excluding diaryl/α,β-unsaturated/α-hetero) is 1. The van der Waals surface area contributed by atoms with Crippen LogP contribution >= 0.6 is 0 Å². The molecule has 12 heteroatoms. The molecule has 3 unspecified atom stereocenters. The molecule has 1 aliphatic rings. The van der Waals surface area contributed by atoms with E-state index in [1.165, 1.54) is 11.0 Å². The summed E-state index contributed by atoms with van der Waals surface area (Å²) in [5.74, 6) is -3.39. The number of carbonyl (C=O) groups is 6. The fraction of sp³-hybridized carbons (Fsp3) is 0.562. The molecule has 44 heavy (non-hydrogen) atoms. The smallest absolute Gasteiger partial charge is 0.325 e. The summed E-state index contributed by atoms with van der Waals surface area (Å²) >= 11 is 0. The first-order valence-corrected chi connectivity index (χ1v) is 15.1. The Bertz CT molecular complexity index is 1180. The van der Waals surface area contributed by atoms with Crippen LogP contribution in [-0.4, -0.2) is 78.2 Å². The molecule has 0 radical (unpaired) electrons. The molecule has 242 valence electrons. The summed E-state index contributed by atoms with van der Waals surface area (Å²) in [6.07, 6.45) is 3.41. The summed E-state index contributed by atoms with van der Waals surface area (Å²) in [5, 5.41) is 10.3. The molecule has 0 bridgehead atoms. The number of benzene rings is 1. The number of ether oxygens (including phenoxy) is 1. The van der Waals surface area contributed by atoms with Crippen molar-refractivity contribution in [2.24, 2.45) is 11.3 Å². The van der Waals surface area contributed by atoms with Gasteiger partial charge in [0.2, 0.25) is 17.6 Å². The minimum Gasteiger partial charge on any atom is -0.460 e. The number of hydrogen-bond donors (Lipinski definition) is 4. The van der Waals surface area contributed by atoms with Crippen LogP contribution in [-0.2, 0) is 35.3 Å². The average molecular weight is 614 g/mol. The lowest BCUT2D eigenvalue weighted by Crippen LogP contribution is -2.61. The molecule has 2 rings (SSSR count). The summed E-state index contributed by atoms with van der Waals surface area (Å²) in [6, 6.07) is 5.41. The van der Waals surface area contributed by atoms with Crippen molar-refractivity contribution in [2.45, 2.75) is 85.0 Å². The topological polar surface area (TPSA) is 163 Å². The van der Waals surface area contributed by atoms with E-state index >= 15 is 0 Å². The summed E-state index contributed by atoms with van der Waals surface area (Å²) in [5.41, 5.74) is 0.0527. The number of urea groups is 1. The largest absolute Gasteiger partial charge is 0.460 e. The van der Waals surface area contributed by atoms with Crippen LogP contribution in [0.4, 0.5) is 4.79 Å². The summed E-state index contributed by atoms with van der Waals surface area (Å²) in [4.78, 5) is 79.1. The van der Waals surface area contributed by atoms with Gasteiger partial charge >= 0.3 is 12.0 Å². The lowest BCUT2D eigenvalue weighted by atomic mass is 9.85. The standard InChI is InChI=1S/C32H47N5O7/c1-7-13-23(26(39)29(41)33-17-8-2)35-28(40)25-22(9-3)16-18-37(25)30(42)27(32(4,5)6)36-31(43)34-19-24(38)44-20-21-14-11-10-12-15-21/h8,10-12,14-15,22-23,25,27H,2,7,9,13,16-20H2,1,3-6H3,(H,33,41)(H,35,40)(H2,34,36,43)/t22-,23?,25?,27?/m0/s1. The third-order valence-corrected chi connectivity index (χ3v) is 7.46. The van der Waals surface area contributed by atoms with E-state index in [2.05, 4.69) is 27.8 Å². The van der Waals surface area contributed by atoms with Gasteiger partial charge in [0.05, 0.1) is 6.04 Å². The van der Waals surface area contributed by atoms with Gasteiger partial charge in [0.1, 0.15) is 25.2 Å². The van der Waals surface area contributed by atoms with Crippen LogP contribution in [0.15, 0.2) is 43.0 Å². The van der Waals surface area contributed by atoms with Crippen LogP contribution in [0.25, 0.3) is 0 Å². The first-order chi connectivity index (χ1) is 20.8. The Hall–Kier alpha value is -4.22. The van der Waals surface area contributed by atoms with E-state index in [-0.39, 0.29) is 32.0 Å². The number of rotatable bonds is 15. The summed E-state index contributed by atoms with van der Waals surface area (Å²) < 4.78 is 5.19. The first-order valence-electron chi connectivity index (χ1n) is 15.1. The van der Waals surface area contributed by atoms with E-state index in [4.69, 9.17) is 4.74 Å². The molecule has 1 heterocycles. The summed E-state index contributed by atoms with van der Waals surface area (Å²) in [6.45, 7) is 12.7. The molecular formula is C32H47N5O7. The Morgan fingerprint density at radius 1 is 1.05 bits per heavy atom. The highest BCUT2D eigenvalue weighted by Crippen LogP contribution is 2.31. The molecular weight excluding hydrogens is 566 g/mol. The van der Waals surface area contributed by atoms with Crippen molar-refractivity contribution in [2.75, 3.05) is 19.6 Å². The number of amides is 5. The van der Waals surface area contributed by atoms with E-state index in [1.807, 2.05) is 44.2 Å². The van der Waals surface area contributed by atoms with Gasteiger partial charge in [-0.3, -0.25) is 24.0 Å². The normalized spacial score (nSPS) is 17.5. The molecule has 12 nitrogen and oxygen atoms in total. The summed E-state index contributed by atoms with van der Waals surface area (Å²) in [7, 11) is 0. The Balaban J connectivity index is 2.12. The highest BCUT2D eigenvalue weighted by molar-refractivity contribution is 6.38. The van der Waals surface area contributed by atoms with E-state index < -0.39 is 65.6 Å². The Morgan fingerprint density at radius 3 is 2.32 bits per heavy atom. The van der Waals surface area contributed by atoms with Crippen LogP contribution in [0.5, 0.6) is 0 Å². The second-order valence-corrected chi connectivity index (χ2v) is 11.9. The monoisotopic (exact) mass is 613 g/mol. The van der Waals surface area contributed by atoms with E-state index in [0.29, 0.717) is 19.3 Å². The number of nitrogens with zero attached hydrogens (tertiary/aromatic N) is 1. The van der Waals surface area contributed by atoms with E-state index in [9.17, 15) is 28.8 Å². The van der Waals surface area contributed by atoms with Crippen molar-refractivity contribution in [1.29, 1.82) is 0 Å². The average Bonchev–Trinajstić information content (AvgIpc) is 3.44. The molecule has 1 aliphatic heterocycles. The van der Waals surface area contributed by atoms with Gasteiger partial charge in [-0.2, -0.15) is 0 Å². The fourth-order valence-electron chi connectivity index (χ4n) is 5.05. The molecule has 4 N–H and O–H groups in total. The molecule has 0 saturated carbocycles. The van der Waals surface area contributed by atoms with E-state index in [0.717, 1.165) is 5.56 Å². The van der Waals surface area contributed by atoms with Gasteiger partial charge in [-0.05, 0) is 29.7 Å². The molecule has 1 saturated heterocycles. The Morgan fingerprint density at radius 2 is 1.73 bits per heavy atom. The third-order valence-electron chi connectivity index (χ3n) is 7.46. The Kier molecular flexibility index (Phi) is 14.0. The predicted molar refractivity (Wildman–Crippen MR) is 165 cm³/mol. The van der Waals surface area contributed by atoms with Gasteiger partial charge in [0.25, 0.3) is 5.91 Å².